The van der Waals surface area contributed by atoms with Crippen molar-refractivity contribution in [1.82, 2.24) is 15.1 Å². The van der Waals surface area contributed by atoms with E-state index in [9.17, 15) is 15.0 Å². The number of hydrogen-bond acceptors (Lipinski definition) is 4. The molecule has 0 bridgehead atoms. The second kappa shape index (κ2) is 6.22. The molecule has 132 valence electrons. The van der Waals surface area contributed by atoms with E-state index in [0.717, 1.165) is 38.8 Å². The van der Waals surface area contributed by atoms with E-state index in [1.807, 2.05) is 0 Å². The van der Waals surface area contributed by atoms with Crippen LogP contribution in [0.3, 0.4) is 0 Å². The highest BCUT2D eigenvalue weighted by Gasteiger charge is 2.49. The normalized spacial score (nSPS) is 39.3. The molecule has 5 atom stereocenters. The van der Waals surface area contributed by atoms with Crippen molar-refractivity contribution in [2.45, 2.75) is 76.7 Å². The highest BCUT2D eigenvalue weighted by atomic mass is 16.4. The van der Waals surface area contributed by atoms with Gasteiger partial charge < -0.3 is 15.5 Å². The number of carboxylic acid groups (broad SMARTS) is 1. The van der Waals surface area contributed by atoms with Gasteiger partial charge in [-0.3, -0.25) is 9.80 Å². The second-order valence-corrected chi connectivity index (χ2v) is 8.51. The second-order valence-electron chi connectivity index (χ2n) is 8.51. The average Bonchev–Trinajstić information content (AvgIpc) is 2.90. The molecule has 2 unspecified atom stereocenters. The molecule has 3 aliphatic rings. The van der Waals surface area contributed by atoms with Crippen LogP contribution in [0.1, 0.15) is 46.5 Å². The van der Waals surface area contributed by atoms with Crippen LogP contribution in [0.5, 0.6) is 0 Å². The molecule has 6 nitrogen and oxygen atoms in total. The van der Waals surface area contributed by atoms with Crippen molar-refractivity contribution in [2.24, 2.45) is 5.41 Å². The Kier molecular flexibility index (Phi) is 4.60. The lowest BCUT2D eigenvalue weighted by molar-refractivity contribution is -0.0232. The maximum Gasteiger partial charge on any atom is 0.407 e. The van der Waals surface area contributed by atoms with Crippen molar-refractivity contribution in [3.8, 4) is 0 Å². The molecule has 1 aliphatic carbocycles. The van der Waals surface area contributed by atoms with Gasteiger partial charge in [-0.2, -0.15) is 0 Å². The van der Waals surface area contributed by atoms with E-state index in [1.54, 1.807) is 4.90 Å². The van der Waals surface area contributed by atoms with Gasteiger partial charge in [0.2, 0.25) is 0 Å². The van der Waals surface area contributed by atoms with Gasteiger partial charge in [-0.25, -0.2) is 4.79 Å². The molecule has 0 aromatic rings. The Hall–Kier alpha value is -0.850. The van der Waals surface area contributed by atoms with Crippen molar-refractivity contribution >= 4 is 6.09 Å². The van der Waals surface area contributed by atoms with Crippen LogP contribution in [-0.2, 0) is 0 Å². The lowest BCUT2D eigenvalue weighted by Crippen LogP contribution is -2.72. The average molecular weight is 325 g/mol. The molecule has 6 heteroatoms. The van der Waals surface area contributed by atoms with Gasteiger partial charge in [0, 0.05) is 31.7 Å². The zero-order valence-corrected chi connectivity index (χ0v) is 14.5. The van der Waals surface area contributed by atoms with Gasteiger partial charge in [0.1, 0.15) is 0 Å². The van der Waals surface area contributed by atoms with Gasteiger partial charge in [-0.1, -0.05) is 20.8 Å². The summed E-state index contributed by atoms with van der Waals surface area (Å²) in [4.78, 5) is 16.1. The minimum Gasteiger partial charge on any atom is -0.465 e. The summed E-state index contributed by atoms with van der Waals surface area (Å²) in [6.07, 6.45) is 2.90. The molecule has 0 aromatic heterocycles. The first-order valence-corrected chi connectivity index (χ1v) is 8.96. The molecule has 3 N–H and O–H groups in total. The van der Waals surface area contributed by atoms with E-state index < -0.39 is 6.09 Å². The summed E-state index contributed by atoms with van der Waals surface area (Å²) < 4.78 is 0. The third-order valence-corrected chi connectivity index (χ3v) is 5.95. The first-order valence-electron chi connectivity index (χ1n) is 8.96. The molecule has 1 saturated carbocycles. The fraction of sp³-hybridized carbons (Fsp3) is 0.941. The molecule has 0 radical (unpaired) electrons. The zero-order valence-electron chi connectivity index (χ0n) is 14.5. The molecule has 2 heterocycles. The van der Waals surface area contributed by atoms with E-state index >= 15 is 0 Å². The van der Waals surface area contributed by atoms with Crippen molar-refractivity contribution < 1.29 is 15.0 Å². The number of nitrogens with zero attached hydrogens (tertiary/aromatic N) is 2. The van der Waals surface area contributed by atoms with Gasteiger partial charge in [0.05, 0.1) is 18.2 Å². The van der Waals surface area contributed by atoms with E-state index in [0.29, 0.717) is 12.6 Å². The number of fused-ring (bicyclic) bond motifs is 1. The Labute approximate surface area is 138 Å². The van der Waals surface area contributed by atoms with E-state index in [-0.39, 0.29) is 29.6 Å². The number of hydrogen-bond donors (Lipinski definition) is 3. The third-order valence-electron chi connectivity index (χ3n) is 5.95. The molecule has 23 heavy (non-hydrogen) atoms. The monoisotopic (exact) mass is 325 g/mol. The lowest BCUT2D eigenvalue weighted by atomic mass is 9.77. The summed E-state index contributed by atoms with van der Waals surface area (Å²) in [6, 6.07) is 0.573. The Balaban J connectivity index is 1.81. The van der Waals surface area contributed by atoms with Crippen molar-refractivity contribution in [3.63, 3.8) is 0 Å². The summed E-state index contributed by atoms with van der Waals surface area (Å²) in [7, 11) is 0. The van der Waals surface area contributed by atoms with Crippen LogP contribution in [0, 0.1) is 5.41 Å². The Morgan fingerprint density at radius 1 is 1.17 bits per heavy atom. The maximum atomic E-state index is 12.0. The van der Waals surface area contributed by atoms with Crippen LogP contribution >= 0.6 is 0 Å². The van der Waals surface area contributed by atoms with Gasteiger partial charge in [0.15, 0.2) is 0 Å². The minimum atomic E-state index is -0.788. The smallest absolute Gasteiger partial charge is 0.407 e. The van der Waals surface area contributed by atoms with Gasteiger partial charge in [0.25, 0.3) is 0 Å². The maximum absolute atomic E-state index is 12.0. The molecule has 1 amide bonds. The molecular formula is C17H31N3O3. The summed E-state index contributed by atoms with van der Waals surface area (Å²) in [6.45, 7) is 8.72. The van der Waals surface area contributed by atoms with Crippen LogP contribution in [0.2, 0.25) is 0 Å². The summed E-state index contributed by atoms with van der Waals surface area (Å²) in [5.41, 5.74) is -0.0762. The van der Waals surface area contributed by atoms with Crippen molar-refractivity contribution in [3.05, 3.63) is 0 Å². The van der Waals surface area contributed by atoms with E-state index in [1.165, 1.54) is 0 Å². The van der Waals surface area contributed by atoms with Gasteiger partial charge >= 0.3 is 6.09 Å². The molecule has 3 fully saturated rings. The Bertz CT molecular complexity index is 451. The Morgan fingerprint density at radius 3 is 2.43 bits per heavy atom. The molecule has 0 aromatic carbocycles. The van der Waals surface area contributed by atoms with Crippen LogP contribution in [0.4, 0.5) is 4.79 Å². The van der Waals surface area contributed by atoms with Crippen LogP contribution in [0.25, 0.3) is 0 Å². The predicted octanol–water partition coefficient (Wildman–Crippen LogP) is 1.34. The number of piperazine rings is 1. The Morgan fingerprint density at radius 2 is 1.87 bits per heavy atom. The standard InChI is InChI=1S/C17H31N3O3/c1-17(2,3)14-9-18-15-12(19-8-7-11(21)10-19)5-4-6-13(15)20(14)16(22)23/h11-15,18,21H,4-10H2,1-3H3,(H,22,23)/t11?,12-,13-,14?,15+/m0/s1. The molecule has 3 rings (SSSR count). The number of β-amino-alcohol motifs (C(OH)–C–C–N with tert-alkyl or cyclic N) is 1. The quantitative estimate of drug-likeness (QED) is 0.678. The number of amides is 1. The molecular weight excluding hydrogens is 294 g/mol. The van der Waals surface area contributed by atoms with Crippen LogP contribution in [0.15, 0.2) is 0 Å². The highest BCUT2D eigenvalue weighted by Crippen LogP contribution is 2.36. The fourth-order valence-corrected chi connectivity index (χ4v) is 4.79. The number of carbonyl (C=O) groups is 1. The first kappa shape index (κ1) is 17.0. The number of aliphatic hydroxyl groups is 1. The molecule has 2 aliphatic heterocycles. The lowest BCUT2D eigenvalue weighted by Gasteiger charge is -2.55. The van der Waals surface area contributed by atoms with Gasteiger partial charge in [-0.15, -0.1) is 0 Å². The number of nitrogens with one attached hydrogen (secondary N) is 1. The van der Waals surface area contributed by atoms with Crippen LogP contribution < -0.4 is 5.32 Å². The van der Waals surface area contributed by atoms with Crippen molar-refractivity contribution in [1.29, 1.82) is 0 Å². The van der Waals surface area contributed by atoms with E-state index in [2.05, 4.69) is 31.0 Å². The first-order chi connectivity index (χ1) is 10.8. The SMILES string of the molecule is CC(C)(C)C1CN[C@@H]2[C@@H](N3CCC(O)C3)CCC[C@@H]2N1C(=O)O. The summed E-state index contributed by atoms with van der Waals surface area (Å²) in [5.74, 6) is 0. The predicted molar refractivity (Wildman–Crippen MR) is 88.5 cm³/mol. The number of likely N-dealkylation sites (tertiary alicyclic amines) is 1. The molecule has 0 spiro atoms. The fourth-order valence-electron chi connectivity index (χ4n) is 4.79. The highest BCUT2D eigenvalue weighted by molar-refractivity contribution is 5.66. The van der Waals surface area contributed by atoms with Gasteiger partial charge in [-0.05, 0) is 31.1 Å². The number of aliphatic hydroxyl groups excluding tert-OH is 1. The third kappa shape index (κ3) is 3.21. The van der Waals surface area contributed by atoms with Crippen LogP contribution in [-0.4, -0.2) is 76.0 Å². The minimum absolute atomic E-state index is 0.00386. The summed E-state index contributed by atoms with van der Waals surface area (Å²) in [5, 5.41) is 23.4. The molecule has 2 saturated heterocycles. The largest absolute Gasteiger partial charge is 0.465 e. The topological polar surface area (TPSA) is 76.0 Å². The summed E-state index contributed by atoms with van der Waals surface area (Å²) >= 11 is 0. The van der Waals surface area contributed by atoms with Crippen molar-refractivity contribution in [2.75, 3.05) is 19.6 Å². The van der Waals surface area contributed by atoms with E-state index in [4.69, 9.17) is 0 Å². The zero-order chi connectivity index (χ0) is 16.8. The number of rotatable bonds is 1.